The minimum absolute atomic E-state index is 0.0281. The van der Waals surface area contributed by atoms with E-state index in [0.717, 1.165) is 6.42 Å². The third-order valence-electron chi connectivity index (χ3n) is 9.60. The molecule has 6 rings (SSSR count). The van der Waals surface area contributed by atoms with Crippen molar-refractivity contribution in [1.82, 2.24) is 4.98 Å². The molecule has 5 aromatic carbocycles. The summed E-state index contributed by atoms with van der Waals surface area (Å²) in [4.78, 5) is 27.7. The van der Waals surface area contributed by atoms with E-state index in [4.69, 9.17) is 4.74 Å². The lowest BCUT2D eigenvalue weighted by Crippen LogP contribution is -2.81. The van der Waals surface area contributed by atoms with Gasteiger partial charge in [-0.3, -0.25) is 9.78 Å². The second-order valence-corrected chi connectivity index (χ2v) is 13.4. The predicted octanol–water partition coefficient (Wildman–Crippen LogP) is 7.66. The summed E-state index contributed by atoms with van der Waals surface area (Å²) in [5.74, 6) is -71.8. The van der Waals surface area contributed by atoms with E-state index in [2.05, 4.69) is 4.98 Å². The Hall–Kier alpha value is -7.02. The molecule has 0 bridgehead atoms. The van der Waals surface area contributed by atoms with Crippen molar-refractivity contribution < 1.29 is 107 Å². The van der Waals surface area contributed by atoms with Crippen molar-refractivity contribution in [3.8, 4) is 0 Å². The van der Waals surface area contributed by atoms with E-state index in [1.54, 1.807) is 53.6 Å². The molecule has 6 aromatic rings. The summed E-state index contributed by atoms with van der Waals surface area (Å²) in [5.41, 5.74) is -13.3. The number of Topliss-reactive ketones (excluding diaryl/α,β-unsaturated/α-hetero) is 1. The van der Waals surface area contributed by atoms with Crippen molar-refractivity contribution in [1.29, 1.82) is 0 Å². The summed E-state index contributed by atoms with van der Waals surface area (Å²) in [6, 6.07) is 6.52. The lowest BCUT2D eigenvalue weighted by molar-refractivity contribution is -0.683. The molecule has 1 heterocycles. The molecule has 0 aliphatic heterocycles. The Morgan fingerprint density at radius 2 is 0.697 bits per heavy atom. The molecule has 0 unspecified atom stereocenters. The zero-order valence-electron chi connectivity index (χ0n) is 32.0. The van der Waals surface area contributed by atoms with Gasteiger partial charge in [-0.2, -0.15) is 4.57 Å². The summed E-state index contributed by atoms with van der Waals surface area (Å²) in [6.45, 7) is 2.58. The van der Waals surface area contributed by atoms with E-state index in [1.807, 2.05) is 6.92 Å². The molecule has 0 atom stereocenters. The van der Waals surface area contributed by atoms with Crippen LogP contribution in [0.1, 0.15) is 34.1 Å². The maximum absolute atomic E-state index is 15.4. The van der Waals surface area contributed by atoms with Crippen molar-refractivity contribution in [2.75, 3.05) is 6.61 Å². The number of esters is 1. The fraction of sp³-hybridized carbons (Fsp3) is 0.100. The summed E-state index contributed by atoms with van der Waals surface area (Å²) in [6.07, 6.45) is 0.277. The Morgan fingerprint density at radius 3 is 0.970 bits per heavy atom. The molecule has 26 heteroatoms. The summed E-state index contributed by atoms with van der Waals surface area (Å²) >= 11 is 0. The zero-order valence-corrected chi connectivity index (χ0v) is 32.0. The van der Waals surface area contributed by atoms with Crippen LogP contribution >= 0.6 is 0 Å². The number of ketones is 1. The lowest BCUT2D eigenvalue weighted by Gasteiger charge is -2.44. The topological polar surface area (TPSA) is 60.1 Å². The van der Waals surface area contributed by atoms with Crippen molar-refractivity contribution in [2.45, 2.75) is 19.9 Å². The van der Waals surface area contributed by atoms with Gasteiger partial charge in [0.25, 0.3) is 0 Å². The van der Waals surface area contributed by atoms with Crippen LogP contribution in [-0.4, -0.2) is 29.5 Å². The molecule has 0 radical (unpaired) electrons. The normalized spacial score (nSPS) is 11.4. The Kier molecular flexibility index (Phi) is 14.6. The molecule has 0 spiro atoms. The molecule has 0 saturated carbocycles. The molecule has 1 aromatic heterocycles. The Morgan fingerprint density at radius 1 is 0.439 bits per heavy atom. The molecule has 0 aliphatic rings. The van der Waals surface area contributed by atoms with Crippen molar-refractivity contribution in [3.63, 3.8) is 0 Å². The van der Waals surface area contributed by atoms with Crippen LogP contribution in [0.4, 0.5) is 87.8 Å². The SMILES string of the molecule is CCCOC(=O)c1ccc(C(=O)C[n+]2ccncc2)cc1.Fc1c(F)c(F)c([B-](c2c(F)c(F)c(F)c(F)c2F)(c2c(F)c(F)c(F)c(F)c2F)c2c(F)c(F)c(F)c(F)c2F)c(F)c1F. The van der Waals surface area contributed by atoms with Crippen LogP contribution in [0.5, 0.6) is 0 Å². The number of carbonyl (C=O) groups excluding carboxylic acids is 2. The largest absolute Gasteiger partial charge is 0.462 e. The van der Waals surface area contributed by atoms with E-state index in [0.29, 0.717) is 17.7 Å². The smallest absolute Gasteiger partial charge is 0.338 e. The highest BCUT2D eigenvalue weighted by Gasteiger charge is 2.52. The fourth-order valence-corrected chi connectivity index (χ4v) is 6.65. The molecular weight excluding hydrogens is 947 g/mol. The van der Waals surface area contributed by atoms with Crippen LogP contribution in [0.3, 0.4) is 0 Å². The van der Waals surface area contributed by atoms with Crippen molar-refractivity contribution in [3.05, 3.63) is 177 Å². The first kappa shape index (κ1) is 50.0. The van der Waals surface area contributed by atoms with Gasteiger partial charge in [0.2, 0.25) is 12.3 Å². The van der Waals surface area contributed by atoms with E-state index in [1.165, 1.54) is 0 Å². The number of aromatic nitrogens is 2. The summed E-state index contributed by atoms with van der Waals surface area (Å²) in [5, 5.41) is 0. The number of halogens is 20. The van der Waals surface area contributed by atoms with Crippen LogP contribution in [0.15, 0.2) is 49.1 Å². The van der Waals surface area contributed by atoms with Crippen molar-refractivity contribution in [2.24, 2.45) is 0 Å². The number of nitrogens with zero attached hydrogens (tertiary/aromatic N) is 2. The third kappa shape index (κ3) is 8.27. The highest BCUT2D eigenvalue weighted by atomic mass is 19.2. The van der Waals surface area contributed by atoms with Gasteiger partial charge < -0.3 is 4.74 Å². The van der Waals surface area contributed by atoms with Crippen LogP contribution in [-0.2, 0) is 11.3 Å². The lowest BCUT2D eigenvalue weighted by atomic mass is 9.12. The molecular formula is C40H17BF20N2O3. The van der Waals surface area contributed by atoms with E-state index in [9.17, 15) is 62.3 Å². The standard InChI is InChI=1S/C24BF20.C16H17N2O3/c26-5-1(6(27)14(35)21(42)13(5)34)25(2-7(28)15(36)22(43)16(37)8(2)29,3-9(30)17(38)23(44)18(39)10(3)31)4-11(32)19(40)24(45)20(41)12(4)33;1-2-11-21-16(20)14-5-3-13(4-6-14)15(19)12-18-9-7-17-8-10-18/h;3-10H,2,11-12H2,1H3/q-1;+1. The number of ether oxygens (including phenoxy) is 1. The van der Waals surface area contributed by atoms with Gasteiger partial charge in [0, 0.05) is 5.56 Å². The van der Waals surface area contributed by atoms with E-state index < -0.39 is 144 Å². The Balaban J connectivity index is 0.000000324. The monoisotopic (exact) mass is 964 g/mol. The maximum atomic E-state index is 15.4. The third-order valence-corrected chi connectivity index (χ3v) is 9.60. The molecule has 0 fully saturated rings. The average molecular weight is 964 g/mol. The highest BCUT2D eigenvalue weighted by Crippen LogP contribution is 2.30. The first-order chi connectivity index (χ1) is 30.9. The molecule has 348 valence electrons. The number of hydrogen-bond donors (Lipinski definition) is 0. The first-order valence-corrected chi connectivity index (χ1v) is 17.7. The quantitative estimate of drug-likeness (QED) is 0.0269. The van der Waals surface area contributed by atoms with Gasteiger partial charge in [0.15, 0.2) is 82.2 Å². The zero-order chi connectivity index (χ0) is 49.4. The predicted molar refractivity (Wildman–Crippen MR) is 185 cm³/mol. The fourth-order valence-electron chi connectivity index (χ4n) is 6.65. The van der Waals surface area contributed by atoms with Crippen LogP contribution < -0.4 is 26.4 Å². The molecule has 0 amide bonds. The number of carbonyl (C=O) groups is 2. The minimum atomic E-state index is -7.22. The molecule has 0 N–H and O–H groups in total. The van der Waals surface area contributed by atoms with Gasteiger partial charge >= 0.3 is 5.97 Å². The minimum Gasteiger partial charge on any atom is -0.462 e. The molecule has 0 saturated heterocycles. The van der Waals surface area contributed by atoms with Crippen LogP contribution in [0.25, 0.3) is 0 Å². The molecule has 0 aliphatic carbocycles. The van der Waals surface area contributed by atoms with E-state index >= 15 is 35.1 Å². The maximum Gasteiger partial charge on any atom is 0.338 e. The van der Waals surface area contributed by atoms with Crippen molar-refractivity contribution >= 4 is 39.7 Å². The Labute approximate surface area is 354 Å². The average Bonchev–Trinajstić information content (AvgIpc) is 3.31. The van der Waals surface area contributed by atoms with Gasteiger partial charge in [-0.25, -0.2) is 92.6 Å². The second-order valence-electron chi connectivity index (χ2n) is 13.4. The van der Waals surface area contributed by atoms with Gasteiger partial charge in [0.1, 0.15) is 52.7 Å². The van der Waals surface area contributed by atoms with E-state index in [-0.39, 0.29) is 18.3 Å². The van der Waals surface area contributed by atoms with Crippen LogP contribution in [0, 0.1) is 116 Å². The number of hydrogen-bond acceptors (Lipinski definition) is 4. The van der Waals surface area contributed by atoms with Crippen LogP contribution in [0.2, 0.25) is 0 Å². The van der Waals surface area contributed by atoms with Gasteiger partial charge in [-0.1, -0.05) is 19.1 Å². The number of rotatable bonds is 10. The molecule has 66 heavy (non-hydrogen) atoms. The summed E-state index contributed by atoms with van der Waals surface area (Å²) in [7, 11) is 0. The molecule has 5 nitrogen and oxygen atoms in total. The van der Waals surface area contributed by atoms with Gasteiger partial charge in [0.05, 0.1) is 24.6 Å². The highest BCUT2D eigenvalue weighted by molar-refractivity contribution is 7.20. The van der Waals surface area contributed by atoms with Gasteiger partial charge in [-0.05, 0) is 18.6 Å². The Bertz CT molecular complexity index is 2540. The number of benzene rings is 5. The van der Waals surface area contributed by atoms with Gasteiger partial charge in [-0.15, -0.1) is 21.9 Å². The second kappa shape index (κ2) is 19.2. The first-order valence-electron chi connectivity index (χ1n) is 17.7. The summed E-state index contributed by atoms with van der Waals surface area (Å²) < 4.78 is 301.